The third kappa shape index (κ3) is 4.75. The van der Waals surface area contributed by atoms with Crippen molar-refractivity contribution in [2.75, 3.05) is 0 Å². The Bertz CT molecular complexity index is 1040. The summed E-state index contributed by atoms with van der Waals surface area (Å²) in [6.45, 7) is 4.98. The second-order valence-corrected chi connectivity index (χ2v) is 16.7. The van der Waals surface area contributed by atoms with Gasteiger partial charge in [0.1, 0.15) is 0 Å². The third-order valence-electron chi connectivity index (χ3n) is 8.07. The number of benzene rings is 3. The first kappa shape index (κ1) is 22.6. The summed E-state index contributed by atoms with van der Waals surface area (Å²) in [6.07, 6.45) is 5.36. The van der Waals surface area contributed by atoms with Crippen LogP contribution < -0.4 is 0 Å². The standard InChI is InChI=1S/C11H15.3C7H7.Ti/c1-8-7-10-5-3-4-6-11(10)9(8)2;3*1-7-5-3-2-4-6-7;/h9H,3-6H2,1-2H3;3*2-6H,1H2;. The molecular formula is C32H36Ti. The van der Waals surface area contributed by atoms with Crippen LogP contribution in [0.25, 0.3) is 0 Å². The molecular weight excluding hydrogens is 432 g/mol. The summed E-state index contributed by atoms with van der Waals surface area (Å²) in [5.74, 6) is 0.641. The van der Waals surface area contributed by atoms with Gasteiger partial charge in [-0.3, -0.25) is 0 Å². The minimum atomic E-state index is -2.69. The molecule has 1 heteroatoms. The Labute approximate surface area is 203 Å². The summed E-state index contributed by atoms with van der Waals surface area (Å²) in [5.41, 5.74) is 9.89. The van der Waals surface area contributed by atoms with E-state index in [9.17, 15) is 0 Å². The zero-order valence-corrected chi connectivity index (χ0v) is 21.7. The van der Waals surface area contributed by atoms with E-state index in [1.165, 1.54) is 56.6 Å². The van der Waals surface area contributed by atoms with E-state index in [0.717, 1.165) is 0 Å². The maximum absolute atomic E-state index is 2.69. The van der Waals surface area contributed by atoms with Gasteiger partial charge in [-0.15, -0.1) is 0 Å². The van der Waals surface area contributed by atoms with Crippen LogP contribution in [0.2, 0.25) is 0 Å². The normalized spacial score (nSPS) is 18.5. The van der Waals surface area contributed by atoms with Gasteiger partial charge in [-0.1, -0.05) is 0 Å². The molecule has 0 nitrogen and oxygen atoms in total. The van der Waals surface area contributed by atoms with E-state index in [4.69, 9.17) is 0 Å². The molecule has 0 saturated carbocycles. The molecule has 3 aromatic rings. The van der Waals surface area contributed by atoms with Crippen molar-refractivity contribution in [2.24, 2.45) is 5.92 Å². The van der Waals surface area contributed by atoms with Crippen molar-refractivity contribution in [1.82, 2.24) is 0 Å². The quantitative estimate of drug-likeness (QED) is 0.305. The molecule has 5 rings (SSSR count). The summed E-state index contributed by atoms with van der Waals surface area (Å²) in [6, 6.07) is 34.1. The van der Waals surface area contributed by atoms with E-state index in [0.29, 0.717) is 5.92 Å². The fourth-order valence-corrected chi connectivity index (χ4v) is 15.8. The van der Waals surface area contributed by atoms with Crippen LogP contribution in [0.1, 0.15) is 56.2 Å². The summed E-state index contributed by atoms with van der Waals surface area (Å²) >= 11 is -2.69. The van der Waals surface area contributed by atoms with Gasteiger partial charge in [-0.25, -0.2) is 0 Å². The summed E-state index contributed by atoms with van der Waals surface area (Å²) in [7, 11) is 0. The van der Waals surface area contributed by atoms with Crippen molar-refractivity contribution in [3.8, 4) is 0 Å². The van der Waals surface area contributed by atoms with E-state index >= 15 is 0 Å². The molecule has 1 atom stereocenters. The van der Waals surface area contributed by atoms with Crippen LogP contribution in [0, 0.1) is 5.92 Å². The van der Waals surface area contributed by atoms with Crippen molar-refractivity contribution in [1.29, 1.82) is 0 Å². The van der Waals surface area contributed by atoms with E-state index in [1.54, 1.807) is 16.7 Å². The molecule has 2 aliphatic rings. The first-order valence-electron chi connectivity index (χ1n) is 12.7. The predicted octanol–water partition coefficient (Wildman–Crippen LogP) is 8.54. The maximum atomic E-state index is 2.49. The fraction of sp³-hybridized carbons (Fsp3) is 0.312. The van der Waals surface area contributed by atoms with Crippen molar-refractivity contribution in [2.45, 2.75) is 53.7 Å². The molecule has 0 bridgehead atoms. The molecule has 0 heterocycles. The Kier molecular flexibility index (Phi) is 6.86. The number of hydrogen-bond donors (Lipinski definition) is 0. The molecule has 2 aliphatic carbocycles. The number of hydrogen-bond acceptors (Lipinski definition) is 0. The van der Waals surface area contributed by atoms with Gasteiger partial charge in [0.25, 0.3) is 0 Å². The third-order valence-corrected chi connectivity index (χ3v) is 15.9. The van der Waals surface area contributed by atoms with Crippen LogP contribution in [0.4, 0.5) is 0 Å². The second-order valence-electron chi connectivity index (χ2n) is 10.3. The van der Waals surface area contributed by atoms with Crippen LogP contribution >= 0.6 is 0 Å². The Morgan fingerprint density at radius 2 is 1.06 bits per heavy atom. The van der Waals surface area contributed by atoms with Gasteiger partial charge in [-0.05, 0) is 0 Å². The van der Waals surface area contributed by atoms with E-state index in [1.807, 2.05) is 3.88 Å². The van der Waals surface area contributed by atoms with Gasteiger partial charge in [0.15, 0.2) is 0 Å². The Balaban J connectivity index is 1.70. The van der Waals surface area contributed by atoms with Crippen molar-refractivity contribution < 1.29 is 16.6 Å². The molecule has 0 fully saturated rings. The first-order valence-corrected chi connectivity index (χ1v) is 16.8. The Morgan fingerprint density at radius 1 is 0.636 bits per heavy atom. The first-order chi connectivity index (χ1) is 16.2. The Hall–Kier alpha value is -2.15. The number of allylic oxidation sites excluding steroid dienone is 4. The SMILES string of the molecule is CC1=[C]([Ti]([CH2]c2ccccc2)([CH2]c2ccccc2)[CH2]c2ccccc2)C2=C(CCCC2)C1C. The molecule has 3 aromatic carbocycles. The average molecular weight is 469 g/mol. The molecule has 1 unspecified atom stereocenters. The zero-order valence-electron chi connectivity index (χ0n) is 20.2. The molecule has 168 valence electrons. The van der Waals surface area contributed by atoms with Crippen molar-refractivity contribution in [3.63, 3.8) is 0 Å². The van der Waals surface area contributed by atoms with E-state index in [2.05, 4.69) is 105 Å². The Morgan fingerprint density at radius 3 is 1.52 bits per heavy atom. The summed E-state index contributed by atoms with van der Waals surface area (Å²) < 4.78 is 5.68. The zero-order chi connectivity index (χ0) is 22.7. The summed E-state index contributed by atoms with van der Waals surface area (Å²) in [5, 5.41) is 0. The number of rotatable bonds is 7. The predicted molar refractivity (Wildman–Crippen MR) is 138 cm³/mol. The van der Waals surface area contributed by atoms with Crippen LogP contribution in [-0.2, 0) is 30.8 Å². The summed E-state index contributed by atoms with van der Waals surface area (Å²) in [4.78, 5) is 0. The van der Waals surface area contributed by atoms with Crippen molar-refractivity contribution in [3.05, 3.63) is 128 Å². The average Bonchev–Trinajstić information content (AvgIpc) is 3.11. The molecule has 0 saturated heterocycles. The van der Waals surface area contributed by atoms with E-state index < -0.39 is 16.6 Å². The fourth-order valence-electron chi connectivity index (χ4n) is 6.56. The van der Waals surface area contributed by atoms with Gasteiger partial charge in [0.2, 0.25) is 0 Å². The van der Waals surface area contributed by atoms with Crippen LogP contribution in [0.5, 0.6) is 0 Å². The van der Waals surface area contributed by atoms with Gasteiger partial charge < -0.3 is 0 Å². The van der Waals surface area contributed by atoms with Gasteiger partial charge in [0.05, 0.1) is 0 Å². The van der Waals surface area contributed by atoms with Gasteiger partial charge in [0, 0.05) is 0 Å². The molecule has 0 radical (unpaired) electrons. The van der Waals surface area contributed by atoms with Crippen LogP contribution in [0.15, 0.2) is 112 Å². The molecule has 0 N–H and O–H groups in total. The molecule has 0 aliphatic heterocycles. The second kappa shape index (κ2) is 10.0. The van der Waals surface area contributed by atoms with Crippen molar-refractivity contribution >= 4 is 0 Å². The van der Waals surface area contributed by atoms with E-state index in [-0.39, 0.29) is 0 Å². The topological polar surface area (TPSA) is 0 Å². The molecule has 33 heavy (non-hydrogen) atoms. The van der Waals surface area contributed by atoms with Crippen LogP contribution in [0.3, 0.4) is 0 Å². The van der Waals surface area contributed by atoms with Crippen LogP contribution in [-0.4, -0.2) is 0 Å². The monoisotopic (exact) mass is 468 g/mol. The van der Waals surface area contributed by atoms with Gasteiger partial charge >= 0.3 is 204 Å². The van der Waals surface area contributed by atoms with Gasteiger partial charge in [-0.2, -0.15) is 0 Å². The molecule has 0 spiro atoms. The molecule has 0 aromatic heterocycles. The molecule has 0 amide bonds. The minimum absolute atomic E-state index is 0.641.